The van der Waals surface area contributed by atoms with E-state index in [0.717, 1.165) is 186 Å². The SMILES string of the molecule is CC/C=C\C/C=C\C/C=C\C/C=C\C/C=C\C/C=C\CCCCCCCCCCCCCCCCC(=O)OCC(O)COP(=O)(O)OCC(O)COP(=O)(O)OCC(COC(=O)CCCCCCCCCCCC/C=C\C/C=C\C/C=C\C/C=C\C/C=C\C/C=C\CC)OC(=O)CCCCCCC/C=C\C/C=C\CCC. The zero-order valence-corrected chi connectivity index (χ0v) is 71.4. The van der Waals surface area contributed by atoms with Gasteiger partial charge in [0.2, 0.25) is 0 Å². The molecule has 0 bridgehead atoms. The van der Waals surface area contributed by atoms with Gasteiger partial charge in [-0.15, -0.1) is 0 Å². The average Bonchev–Trinajstić information content (AvgIpc) is 0.978. The van der Waals surface area contributed by atoms with E-state index in [1.54, 1.807) is 0 Å². The van der Waals surface area contributed by atoms with Crippen molar-refractivity contribution in [1.29, 1.82) is 0 Å². The van der Waals surface area contributed by atoms with Crippen LogP contribution < -0.4 is 0 Å². The summed E-state index contributed by atoms with van der Waals surface area (Å²) in [6.07, 6.45) is 108. The lowest BCUT2D eigenvalue weighted by Gasteiger charge is -2.21. The van der Waals surface area contributed by atoms with E-state index in [0.29, 0.717) is 19.3 Å². The molecule has 0 fully saturated rings. The van der Waals surface area contributed by atoms with Crippen molar-refractivity contribution in [3.8, 4) is 0 Å². The molecule has 18 heteroatoms. The Morgan fingerprint density at radius 3 is 0.757 bits per heavy atom. The Labute approximate surface area is 675 Å². The molecular weight excluding hydrogens is 1430 g/mol. The Balaban J connectivity index is 4.45. The third-order valence-corrected chi connectivity index (χ3v) is 19.8. The number of esters is 3. The van der Waals surface area contributed by atoms with E-state index in [9.17, 15) is 43.5 Å². The van der Waals surface area contributed by atoms with Gasteiger partial charge in [-0.05, 0) is 148 Å². The maximum Gasteiger partial charge on any atom is 0.472 e. The molecule has 0 aromatic heterocycles. The predicted octanol–water partition coefficient (Wildman–Crippen LogP) is 26.3. The number of phosphoric ester groups is 2. The molecule has 16 nitrogen and oxygen atoms in total. The lowest BCUT2D eigenvalue weighted by Crippen LogP contribution is -2.30. The number of carbonyl (C=O) groups is 3. The number of ether oxygens (including phenoxy) is 3. The topological polar surface area (TPSA) is 231 Å². The number of hydrogen-bond acceptors (Lipinski definition) is 14. The number of aliphatic hydroxyl groups excluding tert-OH is 2. The molecule has 0 heterocycles. The molecule has 4 N–H and O–H groups in total. The first-order chi connectivity index (χ1) is 54.2. The molecule has 0 aliphatic heterocycles. The highest BCUT2D eigenvalue weighted by molar-refractivity contribution is 7.47. The maximum absolute atomic E-state index is 13.0. The number of carbonyl (C=O) groups excluding carboxylic acids is 3. The number of rotatable bonds is 81. The van der Waals surface area contributed by atoms with Gasteiger partial charge < -0.3 is 34.2 Å². The van der Waals surface area contributed by atoms with Gasteiger partial charge >= 0.3 is 33.6 Å². The Bertz CT molecular complexity index is 2700. The van der Waals surface area contributed by atoms with E-state index in [2.05, 4.69) is 191 Å². The first-order valence-electron chi connectivity index (χ1n) is 43.4. The fourth-order valence-corrected chi connectivity index (χ4v) is 13.0. The normalized spacial score (nSPS) is 14.7. The van der Waals surface area contributed by atoms with Crippen LogP contribution in [0.3, 0.4) is 0 Å². The maximum atomic E-state index is 13.0. The van der Waals surface area contributed by atoms with E-state index in [-0.39, 0.29) is 19.3 Å². The van der Waals surface area contributed by atoms with Crippen molar-refractivity contribution in [3.05, 3.63) is 170 Å². The summed E-state index contributed by atoms with van der Waals surface area (Å²) < 4.78 is 61.2. The van der Waals surface area contributed by atoms with E-state index in [1.807, 2.05) is 0 Å². The third kappa shape index (κ3) is 85.6. The monoisotopic (exact) mass is 1590 g/mol. The molecule has 0 aromatic carbocycles. The summed E-state index contributed by atoms with van der Waals surface area (Å²) in [7, 11) is -9.81. The van der Waals surface area contributed by atoms with Crippen LogP contribution in [0.5, 0.6) is 0 Å². The molecule has 111 heavy (non-hydrogen) atoms. The lowest BCUT2D eigenvalue weighted by molar-refractivity contribution is -0.161. The van der Waals surface area contributed by atoms with Gasteiger partial charge in [0.25, 0.3) is 0 Å². The smallest absolute Gasteiger partial charge is 0.463 e. The van der Waals surface area contributed by atoms with Crippen molar-refractivity contribution in [2.24, 2.45) is 0 Å². The molecule has 0 spiro atoms. The van der Waals surface area contributed by atoms with Crippen LogP contribution in [0.4, 0.5) is 0 Å². The summed E-state index contributed by atoms with van der Waals surface area (Å²) in [6, 6.07) is 0. The molecule has 0 saturated heterocycles. The van der Waals surface area contributed by atoms with Crippen molar-refractivity contribution in [2.75, 3.05) is 39.6 Å². The summed E-state index contributed by atoms with van der Waals surface area (Å²) in [6.45, 7) is 2.38. The van der Waals surface area contributed by atoms with Crippen molar-refractivity contribution in [2.45, 2.75) is 360 Å². The molecule has 0 saturated carbocycles. The molecule has 0 radical (unpaired) electrons. The fourth-order valence-electron chi connectivity index (χ4n) is 11.4. The summed E-state index contributed by atoms with van der Waals surface area (Å²) in [5.74, 6) is -1.60. The first-order valence-corrected chi connectivity index (χ1v) is 46.4. The van der Waals surface area contributed by atoms with Gasteiger partial charge in [0.05, 0.1) is 26.4 Å². The zero-order valence-electron chi connectivity index (χ0n) is 69.6. The van der Waals surface area contributed by atoms with Gasteiger partial charge in [-0.2, -0.15) is 0 Å². The fraction of sp³-hybridized carbons (Fsp3) is 0.667. The minimum atomic E-state index is -4.94. The molecule has 5 atom stereocenters. The summed E-state index contributed by atoms with van der Waals surface area (Å²) in [5, 5.41) is 20.7. The highest BCUT2D eigenvalue weighted by atomic mass is 31.2. The van der Waals surface area contributed by atoms with Crippen molar-refractivity contribution >= 4 is 33.6 Å². The summed E-state index contributed by atoms with van der Waals surface area (Å²) >= 11 is 0. The molecule has 5 unspecified atom stereocenters. The zero-order chi connectivity index (χ0) is 80.8. The molecule has 0 amide bonds. The van der Waals surface area contributed by atoms with E-state index >= 15 is 0 Å². The predicted molar refractivity (Wildman–Crippen MR) is 463 cm³/mol. The first kappa shape index (κ1) is 106. The molecule has 0 aliphatic rings. The largest absolute Gasteiger partial charge is 0.472 e. The molecular formula is C93H156O16P2. The van der Waals surface area contributed by atoms with E-state index in [4.69, 9.17) is 32.3 Å². The Morgan fingerprint density at radius 2 is 0.477 bits per heavy atom. The van der Waals surface area contributed by atoms with Gasteiger partial charge in [0, 0.05) is 19.3 Å². The summed E-state index contributed by atoms with van der Waals surface area (Å²) in [5.41, 5.74) is 0. The Kier molecular flexibility index (Phi) is 80.4. The minimum absolute atomic E-state index is 0.0837. The third-order valence-electron chi connectivity index (χ3n) is 17.9. The van der Waals surface area contributed by atoms with Crippen LogP contribution in [0.1, 0.15) is 342 Å². The molecule has 0 aromatic rings. The second kappa shape index (κ2) is 84.3. The van der Waals surface area contributed by atoms with Gasteiger partial charge in [0.15, 0.2) is 6.10 Å². The summed E-state index contributed by atoms with van der Waals surface area (Å²) in [4.78, 5) is 58.8. The van der Waals surface area contributed by atoms with Gasteiger partial charge in [0.1, 0.15) is 25.4 Å². The van der Waals surface area contributed by atoms with Gasteiger partial charge in [-0.1, -0.05) is 345 Å². The van der Waals surface area contributed by atoms with Crippen LogP contribution >= 0.6 is 15.6 Å². The molecule has 634 valence electrons. The van der Waals surface area contributed by atoms with Crippen LogP contribution in [-0.2, 0) is 55.8 Å². The number of aliphatic hydroxyl groups is 2. The van der Waals surface area contributed by atoms with Crippen LogP contribution in [0.2, 0.25) is 0 Å². The van der Waals surface area contributed by atoms with Crippen LogP contribution in [-0.4, -0.2) is 95.9 Å². The van der Waals surface area contributed by atoms with Crippen LogP contribution in [0, 0.1) is 0 Å². The van der Waals surface area contributed by atoms with Gasteiger partial charge in [-0.25, -0.2) is 9.13 Å². The lowest BCUT2D eigenvalue weighted by atomic mass is 10.0. The van der Waals surface area contributed by atoms with Crippen molar-refractivity contribution < 1.29 is 75.8 Å². The second-order valence-electron chi connectivity index (χ2n) is 28.6. The standard InChI is InChI=1S/C93H156O16P2/c1-4-7-10-13-16-19-22-25-27-29-31-33-35-37-39-41-42-43-44-46-48-49-51-53-55-57-59-62-64-67-70-73-76-79-91(96)103-82-88(94)83-105-110(99,100)106-84-89(95)85-107-111(101,102)108-87-90(109-93(98)81-78-75-72-69-66-61-24-21-18-15-12-9-6-3)86-104-92(97)80-77-74-71-68-65-63-60-58-56-54-52-50-47-45-40-38-36-34-32-30-28-26-23-20-17-14-11-8-5-2/h7-8,10-12,15-17,19-21,24-28,31-34,37-40,42-43,47,50,88-90,94-95H,4-6,9,13-14,18,22-23,29-30,35-36,41,44-46,48-49,51-87H2,1-3H3,(H,99,100)(H,101,102)/b10-7-,11-8-,15-12-,19-16-,20-17-,24-21-,27-25-,28-26-,33-31-,34-32-,39-37-,40-38-,43-42-,50-47-. The number of phosphoric acid groups is 2. The van der Waals surface area contributed by atoms with Gasteiger partial charge in [-0.3, -0.25) is 32.5 Å². The average molecular weight is 1590 g/mol. The highest BCUT2D eigenvalue weighted by Gasteiger charge is 2.29. The molecule has 0 rings (SSSR count). The highest BCUT2D eigenvalue weighted by Crippen LogP contribution is 2.45. The van der Waals surface area contributed by atoms with Crippen molar-refractivity contribution in [1.82, 2.24) is 0 Å². The van der Waals surface area contributed by atoms with Crippen molar-refractivity contribution in [3.63, 3.8) is 0 Å². The van der Waals surface area contributed by atoms with E-state index in [1.165, 1.54) is 96.3 Å². The second-order valence-corrected chi connectivity index (χ2v) is 31.5. The Hall–Kier alpha value is -5.09. The van der Waals surface area contributed by atoms with Crippen LogP contribution in [0.15, 0.2) is 170 Å². The molecule has 0 aliphatic carbocycles. The quantitative estimate of drug-likeness (QED) is 0.0146. The minimum Gasteiger partial charge on any atom is -0.463 e. The van der Waals surface area contributed by atoms with E-state index < -0.39 is 91.5 Å². The Morgan fingerprint density at radius 1 is 0.261 bits per heavy atom. The van der Waals surface area contributed by atoms with Crippen LogP contribution in [0.25, 0.3) is 0 Å². The number of allylic oxidation sites excluding steroid dienone is 28. The number of unbranched alkanes of at least 4 members (excludes halogenated alkanes) is 30. The number of hydrogen-bond donors (Lipinski definition) is 4.